The number of benzene rings is 1. The molecule has 0 saturated carbocycles. The summed E-state index contributed by atoms with van der Waals surface area (Å²) in [6, 6.07) is 6.93. The summed E-state index contributed by atoms with van der Waals surface area (Å²) >= 11 is 0. The number of amides is 1. The highest BCUT2D eigenvalue weighted by atomic mass is 32.2. The normalized spacial score (nSPS) is 15.1. The lowest BCUT2D eigenvalue weighted by Crippen LogP contribution is -2.36. The minimum absolute atomic E-state index is 0.0244. The average molecular weight is 379 g/mol. The van der Waals surface area contributed by atoms with E-state index >= 15 is 0 Å². The Kier molecular flexibility index (Phi) is 5.04. The Morgan fingerprint density at radius 1 is 1.15 bits per heavy atom. The summed E-state index contributed by atoms with van der Waals surface area (Å²) in [5, 5.41) is 0. The topological polar surface area (TPSA) is 71.4 Å². The third-order valence-corrected chi connectivity index (χ3v) is 6.24. The zero-order valence-electron chi connectivity index (χ0n) is 14.8. The summed E-state index contributed by atoms with van der Waals surface area (Å²) in [7, 11) is -2.35. The van der Waals surface area contributed by atoms with Gasteiger partial charge in [0.25, 0.3) is 15.9 Å². The molecular formula is C18H22FN3O3S. The Morgan fingerprint density at radius 2 is 1.81 bits per heavy atom. The lowest BCUT2D eigenvalue weighted by molar-refractivity contribution is 0.0714. The van der Waals surface area contributed by atoms with Crippen molar-refractivity contribution in [1.82, 2.24) is 9.47 Å². The van der Waals surface area contributed by atoms with Crippen LogP contribution in [0.5, 0.6) is 0 Å². The SMILES string of the molecule is Cc1c(S(=O)(=O)Nc2ccccc2F)cc(C(=O)N2CCCCC2)n1C. The van der Waals surface area contributed by atoms with Crippen molar-refractivity contribution in [2.45, 2.75) is 31.1 Å². The van der Waals surface area contributed by atoms with E-state index in [-0.39, 0.29) is 16.5 Å². The van der Waals surface area contributed by atoms with Crippen LogP contribution < -0.4 is 4.72 Å². The van der Waals surface area contributed by atoms with Crippen LogP contribution in [0.4, 0.5) is 10.1 Å². The number of piperidine rings is 1. The summed E-state index contributed by atoms with van der Waals surface area (Å²) in [6.07, 6.45) is 3.01. The van der Waals surface area contributed by atoms with Crippen LogP contribution in [0.3, 0.4) is 0 Å². The minimum Gasteiger partial charge on any atom is -0.343 e. The molecule has 1 aromatic heterocycles. The monoisotopic (exact) mass is 379 g/mol. The first-order chi connectivity index (χ1) is 12.3. The number of sulfonamides is 1. The number of aromatic nitrogens is 1. The first-order valence-corrected chi connectivity index (χ1v) is 10.0. The highest BCUT2D eigenvalue weighted by molar-refractivity contribution is 7.92. The van der Waals surface area contributed by atoms with E-state index in [2.05, 4.69) is 4.72 Å². The summed E-state index contributed by atoms with van der Waals surface area (Å²) < 4.78 is 43.1. The maximum atomic E-state index is 13.8. The fourth-order valence-electron chi connectivity index (χ4n) is 3.15. The molecule has 0 spiro atoms. The van der Waals surface area contributed by atoms with Gasteiger partial charge in [-0.05, 0) is 44.4 Å². The van der Waals surface area contributed by atoms with Crippen molar-refractivity contribution < 1.29 is 17.6 Å². The van der Waals surface area contributed by atoms with E-state index < -0.39 is 15.8 Å². The van der Waals surface area contributed by atoms with E-state index in [0.717, 1.165) is 19.3 Å². The van der Waals surface area contributed by atoms with Crippen molar-refractivity contribution in [1.29, 1.82) is 0 Å². The van der Waals surface area contributed by atoms with Crippen molar-refractivity contribution in [2.24, 2.45) is 7.05 Å². The molecule has 1 aliphatic heterocycles. The number of nitrogens with zero attached hydrogens (tertiary/aromatic N) is 2. The van der Waals surface area contributed by atoms with Crippen molar-refractivity contribution in [3.05, 3.63) is 47.5 Å². The molecule has 0 bridgehead atoms. The molecule has 1 fully saturated rings. The largest absolute Gasteiger partial charge is 0.343 e. The van der Waals surface area contributed by atoms with Gasteiger partial charge in [0.15, 0.2) is 0 Å². The highest BCUT2D eigenvalue weighted by Crippen LogP contribution is 2.25. The molecule has 0 radical (unpaired) electrons. The Balaban J connectivity index is 1.93. The number of anilines is 1. The smallest absolute Gasteiger partial charge is 0.270 e. The van der Waals surface area contributed by atoms with Crippen LogP contribution in [0.1, 0.15) is 35.4 Å². The number of carbonyl (C=O) groups is 1. The van der Waals surface area contributed by atoms with Crippen molar-refractivity contribution >= 4 is 21.6 Å². The molecule has 8 heteroatoms. The number of halogens is 1. The number of para-hydroxylation sites is 1. The van der Waals surface area contributed by atoms with Crippen LogP contribution in [-0.2, 0) is 17.1 Å². The molecule has 140 valence electrons. The van der Waals surface area contributed by atoms with Crippen molar-refractivity contribution in [2.75, 3.05) is 17.8 Å². The number of likely N-dealkylation sites (tertiary alicyclic amines) is 1. The zero-order valence-corrected chi connectivity index (χ0v) is 15.6. The summed E-state index contributed by atoms with van der Waals surface area (Å²) in [5.74, 6) is -0.836. The fraction of sp³-hybridized carbons (Fsp3) is 0.389. The molecule has 1 aliphatic rings. The van der Waals surface area contributed by atoms with E-state index in [9.17, 15) is 17.6 Å². The molecule has 3 rings (SSSR count). The van der Waals surface area contributed by atoms with Gasteiger partial charge in [0.1, 0.15) is 16.4 Å². The summed E-state index contributed by atoms with van der Waals surface area (Å²) in [4.78, 5) is 14.5. The average Bonchev–Trinajstić information content (AvgIpc) is 2.93. The number of carbonyl (C=O) groups excluding carboxylic acids is 1. The second kappa shape index (κ2) is 7.11. The Morgan fingerprint density at radius 3 is 2.46 bits per heavy atom. The molecule has 2 heterocycles. The van der Waals surface area contributed by atoms with Crippen LogP contribution in [0.15, 0.2) is 35.2 Å². The maximum absolute atomic E-state index is 13.8. The molecule has 0 unspecified atom stereocenters. The quantitative estimate of drug-likeness (QED) is 0.888. The third-order valence-electron chi connectivity index (χ3n) is 4.76. The molecule has 0 aliphatic carbocycles. The number of hydrogen-bond acceptors (Lipinski definition) is 3. The first-order valence-electron chi connectivity index (χ1n) is 8.54. The molecule has 0 atom stereocenters. The van der Waals surface area contributed by atoms with Gasteiger partial charge < -0.3 is 9.47 Å². The summed E-state index contributed by atoms with van der Waals surface area (Å²) in [5.41, 5.74) is 0.618. The molecular weight excluding hydrogens is 357 g/mol. The lowest BCUT2D eigenvalue weighted by Gasteiger charge is -2.26. The predicted octanol–water partition coefficient (Wildman–Crippen LogP) is 2.90. The van der Waals surface area contributed by atoms with Crippen LogP contribution in [0, 0.1) is 12.7 Å². The molecule has 1 amide bonds. The molecule has 1 aromatic carbocycles. The van der Waals surface area contributed by atoms with E-state index in [4.69, 9.17) is 0 Å². The first kappa shape index (κ1) is 18.4. The maximum Gasteiger partial charge on any atom is 0.270 e. The van der Waals surface area contributed by atoms with E-state index in [1.807, 2.05) is 0 Å². The molecule has 2 aromatic rings. The van der Waals surface area contributed by atoms with Gasteiger partial charge >= 0.3 is 0 Å². The van der Waals surface area contributed by atoms with Gasteiger partial charge in [-0.1, -0.05) is 12.1 Å². The Hall–Kier alpha value is -2.35. The minimum atomic E-state index is -4.01. The molecule has 1 N–H and O–H groups in total. The van der Waals surface area contributed by atoms with Crippen LogP contribution >= 0.6 is 0 Å². The van der Waals surface area contributed by atoms with E-state index in [1.165, 1.54) is 24.3 Å². The van der Waals surface area contributed by atoms with Crippen molar-refractivity contribution in [3.8, 4) is 0 Å². The zero-order chi connectivity index (χ0) is 18.9. The number of nitrogens with one attached hydrogen (secondary N) is 1. The van der Waals surface area contributed by atoms with Gasteiger partial charge in [-0.25, -0.2) is 12.8 Å². The van der Waals surface area contributed by atoms with Gasteiger partial charge in [-0.2, -0.15) is 0 Å². The Labute approximate surface area is 152 Å². The van der Waals surface area contributed by atoms with Gasteiger partial charge in [0.05, 0.1) is 5.69 Å². The lowest BCUT2D eigenvalue weighted by atomic mass is 10.1. The van der Waals surface area contributed by atoms with Gasteiger partial charge in [0, 0.05) is 25.8 Å². The van der Waals surface area contributed by atoms with Crippen LogP contribution in [-0.4, -0.2) is 36.9 Å². The standard InChI is InChI=1S/C18H22FN3O3S/c1-13-17(26(24,25)20-15-9-5-4-8-14(15)19)12-16(21(13)2)18(23)22-10-6-3-7-11-22/h4-5,8-9,12,20H,3,6-7,10-11H2,1-2H3. The molecule has 6 nitrogen and oxygen atoms in total. The summed E-state index contributed by atoms with van der Waals surface area (Å²) in [6.45, 7) is 2.99. The number of hydrogen-bond donors (Lipinski definition) is 1. The molecule has 1 saturated heterocycles. The van der Waals surface area contributed by atoms with Gasteiger partial charge in [0.2, 0.25) is 0 Å². The highest BCUT2D eigenvalue weighted by Gasteiger charge is 2.27. The molecule has 26 heavy (non-hydrogen) atoms. The van der Waals surface area contributed by atoms with Crippen molar-refractivity contribution in [3.63, 3.8) is 0 Å². The predicted molar refractivity (Wildman–Crippen MR) is 97.1 cm³/mol. The van der Waals surface area contributed by atoms with Gasteiger partial charge in [-0.15, -0.1) is 0 Å². The van der Waals surface area contributed by atoms with Crippen LogP contribution in [0.2, 0.25) is 0 Å². The fourth-order valence-corrected chi connectivity index (χ4v) is 4.51. The second-order valence-electron chi connectivity index (χ2n) is 6.48. The van der Waals surface area contributed by atoms with E-state index in [1.54, 1.807) is 29.5 Å². The Bertz CT molecular complexity index is 931. The number of rotatable bonds is 4. The van der Waals surface area contributed by atoms with E-state index in [0.29, 0.717) is 24.5 Å². The second-order valence-corrected chi connectivity index (χ2v) is 8.13. The third kappa shape index (κ3) is 3.46. The van der Waals surface area contributed by atoms with Crippen LogP contribution in [0.25, 0.3) is 0 Å². The van der Waals surface area contributed by atoms with Gasteiger partial charge in [-0.3, -0.25) is 9.52 Å².